The van der Waals surface area contributed by atoms with Crippen molar-refractivity contribution in [2.45, 2.75) is 25.7 Å². The second-order valence-electron chi connectivity index (χ2n) is 5.44. The number of hydrogen-bond donors (Lipinski definition) is 1. The zero-order valence-electron chi connectivity index (χ0n) is 9.63. The van der Waals surface area contributed by atoms with Gasteiger partial charge in [0.2, 0.25) is 0 Å². The Kier molecular flexibility index (Phi) is 3.45. The van der Waals surface area contributed by atoms with Crippen LogP contribution in [0, 0.1) is 17.8 Å². The van der Waals surface area contributed by atoms with Crippen molar-refractivity contribution >= 4 is 0 Å². The third kappa shape index (κ3) is 2.48. The van der Waals surface area contributed by atoms with Crippen molar-refractivity contribution in [2.24, 2.45) is 17.8 Å². The van der Waals surface area contributed by atoms with Gasteiger partial charge in [-0.15, -0.1) is 0 Å². The third-order valence-electron chi connectivity index (χ3n) is 4.03. The Bertz CT molecular complexity index is 179. The SMILES string of the molecule is CN(C)CCNCC1CC2CCC1C2. The summed E-state index contributed by atoms with van der Waals surface area (Å²) in [6, 6.07) is 0. The Balaban J connectivity index is 1.58. The van der Waals surface area contributed by atoms with Crippen LogP contribution in [0.4, 0.5) is 0 Å². The average Bonchev–Trinajstić information content (AvgIpc) is 2.73. The molecule has 0 aromatic rings. The van der Waals surface area contributed by atoms with Crippen LogP contribution in [0.2, 0.25) is 0 Å². The van der Waals surface area contributed by atoms with E-state index in [1.165, 1.54) is 32.4 Å². The fourth-order valence-corrected chi connectivity index (χ4v) is 3.22. The van der Waals surface area contributed by atoms with Crippen LogP contribution < -0.4 is 5.32 Å². The second kappa shape index (κ2) is 4.63. The van der Waals surface area contributed by atoms with Crippen LogP contribution in [0.25, 0.3) is 0 Å². The van der Waals surface area contributed by atoms with Crippen LogP contribution >= 0.6 is 0 Å². The van der Waals surface area contributed by atoms with Crippen LogP contribution in [0.5, 0.6) is 0 Å². The van der Waals surface area contributed by atoms with Crippen molar-refractivity contribution in [3.8, 4) is 0 Å². The Morgan fingerprint density at radius 1 is 1.21 bits per heavy atom. The van der Waals surface area contributed by atoms with Gasteiger partial charge in [0.1, 0.15) is 0 Å². The fraction of sp³-hybridized carbons (Fsp3) is 1.00. The molecule has 0 amide bonds. The van der Waals surface area contributed by atoms with Crippen LogP contribution in [-0.4, -0.2) is 38.6 Å². The lowest BCUT2D eigenvalue weighted by Gasteiger charge is -2.22. The molecule has 3 atom stereocenters. The fourth-order valence-electron chi connectivity index (χ4n) is 3.22. The Hall–Kier alpha value is -0.0800. The van der Waals surface area contributed by atoms with Crippen LogP contribution in [0.1, 0.15) is 25.7 Å². The average molecular weight is 196 g/mol. The molecule has 0 radical (unpaired) electrons. The minimum absolute atomic E-state index is 1.01. The van der Waals surface area contributed by atoms with E-state index in [0.29, 0.717) is 0 Å². The molecule has 0 aromatic heterocycles. The van der Waals surface area contributed by atoms with Gasteiger partial charge in [0.05, 0.1) is 0 Å². The highest BCUT2D eigenvalue weighted by Crippen LogP contribution is 2.47. The summed E-state index contributed by atoms with van der Waals surface area (Å²) in [6.45, 7) is 3.59. The molecule has 14 heavy (non-hydrogen) atoms. The van der Waals surface area contributed by atoms with Gasteiger partial charge in [-0.05, 0) is 57.7 Å². The molecule has 0 spiro atoms. The van der Waals surface area contributed by atoms with Crippen molar-refractivity contribution < 1.29 is 0 Å². The number of fused-ring (bicyclic) bond motifs is 2. The van der Waals surface area contributed by atoms with Gasteiger partial charge in [-0.2, -0.15) is 0 Å². The standard InChI is InChI=1S/C12H24N2/c1-14(2)6-5-13-9-12-8-10-3-4-11(12)7-10/h10-13H,3-9H2,1-2H3. The minimum atomic E-state index is 1.01. The molecule has 1 N–H and O–H groups in total. The molecule has 2 heteroatoms. The second-order valence-corrected chi connectivity index (χ2v) is 5.44. The molecule has 2 rings (SSSR count). The summed E-state index contributed by atoms with van der Waals surface area (Å²) in [6.07, 6.45) is 6.10. The summed E-state index contributed by atoms with van der Waals surface area (Å²) < 4.78 is 0. The van der Waals surface area contributed by atoms with Gasteiger partial charge in [0, 0.05) is 13.1 Å². The molecule has 82 valence electrons. The van der Waals surface area contributed by atoms with Crippen molar-refractivity contribution in [3.05, 3.63) is 0 Å². The first kappa shape index (κ1) is 10.4. The van der Waals surface area contributed by atoms with Crippen LogP contribution in [0.15, 0.2) is 0 Å². The topological polar surface area (TPSA) is 15.3 Å². The van der Waals surface area contributed by atoms with Crippen LogP contribution in [-0.2, 0) is 0 Å². The van der Waals surface area contributed by atoms with Gasteiger partial charge < -0.3 is 10.2 Å². The van der Waals surface area contributed by atoms with E-state index < -0.39 is 0 Å². The van der Waals surface area contributed by atoms with Crippen molar-refractivity contribution in [2.75, 3.05) is 33.7 Å². The summed E-state index contributed by atoms with van der Waals surface area (Å²) in [5, 5.41) is 3.60. The summed E-state index contributed by atoms with van der Waals surface area (Å²) in [5.41, 5.74) is 0. The Morgan fingerprint density at radius 2 is 2.07 bits per heavy atom. The van der Waals surface area contributed by atoms with Crippen LogP contribution in [0.3, 0.4) is 0 Å². The highest BCUT2D eigenvalue weighted by atomic mass is 15.1. The van der Waals surface area contributed by atoms with E-state index in [1.54, 1.807) is 6.42 Å². The van der Waals surface area contributed by atoms with E-state index in [2.05, 4.69) is 24.3 Å². The molecule has 2 fully saturated rings. The van der Waals surface area contributed by atoms with E-state index in [4.69, 9.17) is 0 Å². The molecule has 3 unspecified atom stereocenters. The summed E-state index contributed by atoms with van der Waals surface area (Å²) in [4.78, 5) is 2.24. The molecular weight excluding hydrogens is 172 g/mol. The van der Waals surface area contributed by atoms with Crippen molar-refractivity contribution in [3.63, 3.8) is 0 Å². The van der Waals surface area contributed by atoms with Crippen molar-refractivity contribution in [1.82, 2.24) is 10.2 Å². The molecule has 2 aliphatic carbocycles. The highest BCUT2D eigenvalue weighted by molar-refractivity contribution is 4.90. The van der Waals surface area contributed by atoms with E-state index in [-0.39, 0.29) is 0 Å². The lowest BCUT2D eigenvalue weighted by molar-refractivity contribution is 0.310. The molecule has 0 aliphatic heterocycles. The minimum Gasteiger partial charge on any atom is -0.315 e. The maximum atomic E-state index is 3.60. The smallest absolute Gasteiger partial charge is 0.0101 e. The quantitative estimate of drug-likeness (QED) is 0.672. The van der Waals surface area contributed by atoms with Crippen molar-refractivity contribution in [1.29, 1.82) is 0 Å². The lowest BCUT2D eigenvalue weighted by Crippen LogP contribution is -2.32. The predicted molar refractivity (Wildman–Crippen MR) is 60.4 cm³/mol. The maximum absolute atomic E-state index is 3.60. The number of nitrogens with zero attached hydrogens (tertiary/aromatic N) is 1. The largest absolute Gasteiger partial charge is 0.315 e. The number of likely N-dealkylation sites (N-methyl/N-ethyl adjacent to an activating group) is 1. The summed E-state index contributed by atoms with van der Waals surface area (Å²) in [7, 11) is 4.28. The number of rotatable bonds is 5. The first-order valence-electron chi connectivity index (χ1n) is 6.11. The molecule has 0 saturated heterocycles. The molecular formula is C12H24N2. The Labute approximate surface area is 88.1 Å². The van der Waals surface area contributed by atoms with E-state index in [0.717, 1.165) is 24.3 Å². The number of hydrogen-bond acceptors (Lipinski definition) is 2. The molecule has 2 bridgehead atoms. The zero-order valence-corrected chi connectivity index (χ0v) is 9.63. The molecule has 2 nitrogen and oxygen atoms in total. The van der Waals surface area contributed by atoms with Gasteiger partial charge in [-0.25, -0.2) is 0 Å². The maximum Gasteiger partial charge on any atom is 0.0101 e. The molecule has 2 aliphatic rings. The normalized spacial score (nSPS) is 35.8. The van der Waals surface area contributed by atoms with Gasteiger partial charge in [0.25, 0.3) is 0 Å². The lowest BCUT2D eigenvalue weighted by atomic mass is 9.89. The molecule has 2 saturated carbocycles. The first-order valence-corrected chi connectivity index (χ1v) is 6.11. The Morgan fingerprint density at radius 3 is 2.64 bits per heavy atom. The van der Waals surface area contributed by atoms with E-state index >= 15 is 0 Å². The van der Waals surface area contributed by atoms with Gasteiger partial charge in [-0.1, -0.05) is 6.42 Å². The van der Waals surface area contributed by atoms with Gasteiger partial charge in [0.15, 0.2) is 0 Å². The summed E-state index contributed by atoms with van der Waals surface area (Å²) >= 11 is 0. The van der Waals surface area contributed by atoms with Gasteiger partial charge >= 0.3 is 0 Å². The highest BCUT2D eigenvalue weighted by Gasteiger charge is 2.38. The monoisotopic (exact) mass is 196 g/mol. The van der Waals surface area contributed by atoms with E-state index in [9.17, 15) is 0 Å². The molecule has 0 aromatic carbocycles. The number of nitrogens with one attached hydrogen (secondary N) is 1. The predicted octanol–water partition coefficient (Wildman–Crippen LogP) is 1.57. The summed E-state index contributed by atoms with van der Waals surface area (Å²) in [5.74, 6) is 3.18. The third-order valence-corrected chi connectivity index (χ3v) is 4.03. The molecule has 0 heterocycles. The zero-order chi connectivity index (χ0) is 9.97. The van der Waals surface area contributed by atoms with E-state index in [1.807, 2.05) is 0 Å². The van der Waals surface area contributed by atoms with Gasteiger partial charge in [-0.3, -0.25) is 0 Å². The first-order chi connectivity index (χ1) is 6.75.